The molecule has 1 heterocycles. The summed E-state index contributed by atoms with van der Waals surface area (Å²) in [6.07, 6.45) is 9.43. The minimum atomic E-state index is 0.595. The first-order valence-corrected chi connectivity index (χ1v) is 7.31. The van der Waals surface area contributed by atoms with Gasteiger partial charge in [-0.1, -0.05) is 18.9 Å². The normalized spacial score (nSPS) is 25.4. The molecule has 1 saturated carbocycles. The van der Waals surface area contributed by atoms with Gasteiger partial charge in [0.15, 0.2) is 0 Å². The van der Waals surface area contributed by atoms with Crippen molar-refractivity contribution in [2.45, 2.75) is 43.9 Å². The highest BCUT2D eigenvalue weighted by Gasteiger charge is 2.24. The monoisotopic (exact) mass is 236 g/mol. The summed E-state index contributed by atoms with van der Waals surface area (Å²) in [5.74, 6) is 1.06. The van der Waals surface area contributed by atoms with E-state index < -0.39 is 0 Å². The third-order valence-corrected chi connectivity index (χ3v) is 4.51. The molecule has 1 N–H and O–H groups in total. The maximum atomic E-state index is 4.42. The van der Waals surface area contributed by atoms with Crippen LogP contribution < -0.4 is 5.32 Å². The quantitative estimate of drug-likeness (QED) is 0.869. The van der Waals surface area contributed by atoms with Crippen LogP contribution in [0.5, 0.6) is 0 Å². The van der Waals surface area contributed by atoms with Crippen LogP contribution in [0.25, 0.3) is 0 Å². The number of hydrogen-bond donors (Lipinski definition) is 1. The number of aromatic nitrogens is 1. The Kier molecular flexibility index (Phi) is 4.10. The van der Waals surface area contributed by atoms with Crippen LogP contribution in [0.4, 0.5) is 5.82 Å². The summed E-state index contributed by atoms with van der Waals surface area (Å²) in [7, 11) is 0. The first kappa shape index (κ1) is 11.8. The molecule has 0 amide bonds. The van der Waals surface area contributed by atoms with Crippen molar-refractivity contribution in [1.82, 2.24) is 4.98 Å². The molecule has 88 valence electrons. The molecule has 0 bridgehead atoms. The zero-order chi connectivity index (χ0) is 11.4. The van der Waals surface area contributed by atoms with E-state index in [0.29, 0.717) is 6.04 Å². The molecule has 1 aliphatic rings. The summed E-state index contributed by atoms with van der Waals surface area (Å²) in [4.78, 5) is 4.42. The number of nitrogens with one attached hydrogen (secondary N) is 1. The van der Waals surface area contributed by atoms with E-state index in [1.54, 1.807) is 0 Å². The first-order valence-electron chi connectivity index (χ1n) is 6.02. The Morgan fingerprint density at radius 3 is 2.94 bits per heavy atom. The third kappa shape index (κ3) is 2.70. The van der Waals surface area contributed by atoms with Gasteiger partial charge in [-0.3, -0.25) is 0 Å². The smallest absolute Gasteiger partial charge is 0.129 e. The second kappa shape index (κ2) is 5.58. The topological polar surface area (TPSA) is 24.9 Å². The molecule has 0 aromatic carbocycles. The van der Waals surface area contributed by atoms with Gasteiger partial charge in [-0.05, 0) is 37.7 Å². The van der Waals surface area contributed by atoms with Crippen molar-refractivity contribution >= 4 is 17.6 Å². The molecule has 2 nitrogen and oxygen atoms in total. The second-order valence-electron chi connectivity index (χ2n) is 4.48. The van der Waals surface area contributed by atoms with Crippen LogP contribution in [0.3, 0.4) is 0 Å². The number of hydrogen-bond acceptors (Lipinski definition) is 3. The molecule has 1 aliphatic carbocycles. The highest BCUT2D eigenvalue weighted by atomic mass is 32.2. The number of rotatable bonds is 3. The molecule has 3 heteroatoms. The Labute approximate surface area is 102 Å². The summed E-state index contributed by atoms with van der Waals surface area (Å²) < 4.78 is 0. The van der Waals surface area contributed by atoms with Crippen molar-refractivity contribution in [3.05, 3.63) is 23.9 Å². The number of pyridine rings is 1. The van der Waals surface area contributed by atoms with Gasteiger partial charge < -0.3 is 5.32 Å². The van der Waals surface area contributed by atoms with E-state index in [1.807, 2.05) is 24.0 Å². The maximum Gasteiger partial charge on any atom is 0.129 e. The average molecular weight is 236 g/mol. The Morgan fingerprint density at radius 1 is 1.38 bits per heavy atom. The standard InChI is InChI=1S/C13H20N2S/c1-10-6-5-9-14-13(10)15-11-7-3-4-8-12(11)16-2/h5-6,9,11-12H,3-4,7-8H2,1-2H3,(H,14,15). The van der Waals surface area contributed by atoms with Gasteiger partial charge in [-0.15, -0.1) is 0 Å². The van der Waals surface area contributed by atoms with Gasteiger partial charge in [0.05, 0.1) is 0 Å². The van der Waals surface area contributed by atoms with Gasteiger partial charge in [0, 0.05) is 17.5 Å². The second-order valence-corrected chi connectivity index (χ2v) is 5.56. The third-order valence-electron chi connectivity index (χ3n) is 3.34. The Bertz CT molecular complexity index is 340. The zero-order valence-corrected chi connectivity index (χ0v) is 10.9. The maximum absolute atomic E-state index is 4.42. The number of anilines is 1. The molecule has 0 saturated heterocycles. The molecule has 2 atom stereocenters. The van der Waals surface area contributed by atoms with Crippen molar-refractivity contribution in [3.8, 4) is 0 Å². The molecule has 2 unspecified atom stereocenters. The van der Waals surface area contributed by atoms with Crippen molar-refractivity contribution < 1.29 is 0 Å². The van der Waals surface area contributed by atoms with Gasteiger partial charge in [-0.2, -0.15) is 11.8 Å². The largest absolute Gasteiger partial charge is 0.366 e. The van der Waals surface area contributed by atoms with Gasteiger partial charge in [0.25, 0.3) is 0 Å². The van der Waals surface area contributed by atoms with E-state index in [4.69, 9.17) is 0 Å². The summed E-state index contributed by atoms with van der Waals surface area (Å²) in [6, 6.07) is 4.71. The van der Waals surface area contributed by atoms with Gasteiger partial charge in [0.2, 0.25) is 0 Å². The lowest BCUT2D eigenvalue weighted by atomic mass is 9.95. The van der Waals surface area contributed by atoms with Crippen molar-refractivity contribution in [2.75, 3.05) is 11.6 Å². The fourth-order valence-electron chi connectivity index (χ4n) is 2.36. The molecule has 0 radical (unpaired) electrons. The predicted molar refractivity (Wildman–Crippen MR) is 72.2 cm³/mol. The highest BCUT2D eigenvalue weighted by molar-refractivity contribution is 7.99. The molecule has 0 aliphatic heterocycles. The van der Waals surface area contributed by atoms with Crippen LogP contribution in [0.2, 0.25) is 0 Å². The van der Waals surface area contributed by atoms with Crippen molar-refractivity contribution in [3.63, 3.8) is 0 Å². The lowest BCUT2D eigenvalue weighted by Crippen LogP contribution is -2.34. The fourth-order valence-corrected chi connectivity index (χ4v) is 3.29. The Hall–Kier alpha value is -0.700. The summed E-state index contributed by atoms with van der Waals surface area (Å²) >= 11 is 1.99. The van der Waals surface area contributed by atoms with Gasteiger partial charge in [-0.25, -0.2) is 4.98 Å². The molecular weight excluding hydrogens is 216 g/mol. The van der Waals surface area contributed by atoms with E-state index in [1.165, 1.54) is 31.2 Å². The van der Waals surface area contributed by atoms with Crippen LogP contribution in [-0.2, 0) is 0 Å². The van der Waals surface area contributed by atoms with E-state index in [9.17, 15) is 0 Å². The predicted octanol–water partition coefficient (Wildman–Crippen LogP) is 3.48. The lowest BCUT2D eigenvalue weighted by molar-refractivity contribution is 0.474. The van der Waals surface area contributed by atoms with Gasteiger partial charge in [0.1, 0.15) is 5.82 Å². The molecule has 1 fully saturated rings. The summed E-state index contributed by atoms with van der Waals surface area (Å²) in [6.45, 7) is 2.12. The van der Waals surface area contributed by atoms with Crippen LogP contribution in [0.15, 0.2) is 18.3 Å². The Morgan fingerprint density at radius 2 is 2.19 bits per heavy atom. The summed E-state index contributed by atoms with van der Waals surface area (Å²) in [5.41, 5.74) is 1.24. The number of thioether (sulfide) groups is 1. The molecule has 1 aromatic rings. The average Bonchev–Trinajstić information content (AvgIpc) is 2.33. The number of aryl methyl sites for hydroxylation is 1. The van der Waals surface area contributed by atoms with E-state index >= 15 is 0 Å². The zero-order valence-electron chi connectivity index (χ0n) is 10.1. The van der Waals surface area contributed by atoms with Crippen molar-refractivity contribution in [1.29, 1.82) is 0 Å². The minimum absolute atomic E-state index is 0.595. The molecule has 1 aromatic heterocycles. The van der Waals surface area contributed by atoms with E-state index in [-0.39, 0.29) is 0 Å². The van der Waals surface area contributed by atoms with Crippen LogP contribution in [0, 0.1) is 6.92 Å². The van der Waals surface area contributed by atoms with Crippen LogP contribution in [0.1, 0.15) is 31.2 Å². The van der Waals surface area contributed by atoms with Crippen LogP contribution in [-0.4, -0.2) is 22.5 Å². The minimum Gasteiger partial charge on any atom is -0.366 e. The van der Waals surface area contributed by atoms with E-state index in [0.717, 1.165) is 11.1 Å². The van der Waals surface area contributed by atoms with Gasteiger partial charge >= 0.3 is 0 Å². The van der Waals surface area contributed by atoms with Crippen LogP contribution >= 0.6 is 11.8 Å². The first-order chi connectivity index (χ1) is 7.81. The SMILES string of the molecule is CSC1CCCCC1Nc1ncccc1C. The molecular formula is C13H20N2S. The van der Waals surface area contributed by atoms with E-state index in [2.05, 4.69) is 29.5 Å². The van der Waals surface area contributed by atoms with Crippen molar-refractivity contribution in [2.24, 2.45) is 0 Å². The molecule has 0 spiro atoms. The highest BCUT2D eigenvalue weighted by Crippen LogP contribution is 2.29. The Balaban J connectivity index is 2.05. The lowest BCUT2D eigenvalue weighted by Gasteiger charge is -2.31. The molecule has 16 heavy (non-hydrogen) atoms. The molecule has 2 rings (SSSR count). The number of nitrogens with zero attached hydrogens (tertiary/aromatic N) is 1. The summed E-state index contributed by atoms with van der Waals surface area (Å²) in [5, 5.41) is 4.36. The fraction of sp³-hybridized carbons (Fsp3) is 0.615.